The van der Waals surface area contributed by atoms with Crippen LogP contribution in [0.2, 0.25) is 0 Å². The summed E-state index contributed by atoms with van der Waals surface area (Å²) in [6, 6.07) is 8.50. The van der Waals surface area contributed by atoms with Crippen LogP contribution in [-0.2, 0) is 22.6 Å². The van der Waals surface area contributed by atoms with Crippen molar-refractivity contribution in [2.24, 2.45) is 0 Å². The molecule has 3 N–H and O–H groups in total. The molecule has 1 aliphatic rings. The fraction of sp³-hybridized carbons (Fsp3) is 0.368. The average Bonchev–Trinajstić information content (AvgIpc) is 3.30. The molecule has 1 atom stereocenters. The van der Waals surface area contributed by atoms with Gasteiger partial charge in [-0.1, -0.05) is 12.1 Å². The van der Waals surface area contributed by atoms with Gasteiger partial charge in [0.2, 0.25) is 5.91 Å². The van der Waals surface area contributed by atoms with Crippen LogP contribution in [-0.4, -0.2) is 45.5 Å². The van der Waals surface area contributed by atoms with Crippen molar-refractivity contribution in [1.29, 1.82) is 0 Å². The SMILES string of the molecule is CC(=O)NCc1cnc([C@@H]2CN(Cc3cccc4[nH]ccc34)CCO2)[nH]1. The third kappa shape index (κ3) is 3.63. The van der Waals surface area contributed by atoms with Gasteiger partial charge in [0.15, 0.2) is 0 Å². The van der Waals surface area contributed by atoms with Crippen LogP contribution in [0.3, 0.4) is 0 Å². The van der Waals surface area contributed by atoms with Crippen molar-refractivity contribution in [2.45, 2.75) is 26.1 Å². The first-order valence-electron chi connectivity index (χ1n) is 8.86. The number of hydrogen-bond acceptors (Lipinski definition) is 4. The Morgan fingerprint density at radius 1 is 1.42 bits per heavy atom. The smallest absolute Gasteiger partial charge is 0.217 e. The van der Waals surface area contributed by atoms with Gasteiger partial charge in [0.05, 0.1) is 25.0 Å². The molecule has 3 aromatic rings. The predicted molar refractivity (Wildman–Crippen MR) is 98.4 cm³/mol. The number of carbonyl (C=O) groups is 1. The van der Waals surface area contributed by atoms with Gasteiger partial charge in [-0.2, -0.15) is 0 Å². The van der Waals surface area contributed by atoms with Crippen LogP contribution < -0.4 is 5.32 Å². The van der Waals surface area contributed by atoms with E-state index >= 15 is 0 Å². The number of hydrogen-bond donors (Lipinski definition) is 3. The average molecular weight is 353 g/mol. The molecule has 7 heteroatoms. The van der Waals surface area contributed by atoms with Crippen molar-refractivity contribution in [1.82, 2.24) is 25.2 Å². The Kier molecular flexibility index (Phi) is 4.73. The quantitative estimate of drug-likeness (QED) is 0.656. The second kappa shape index (κ2) is 7.31. The number of rotatable bonds is 5. The van der Waals surface area contributed by atoms with E-state index in [4.69, 9.17) is 4.74 Å². The van der Waals surface area contributed by atoms with Crippen molar-refractivity contribution in [3.8, 4) is 0 Å². The third-order valence-corrected chi connectivity index (χ3v) is 4.71. The van der Waals surface area contributed by atoms with E-state index in [2.05, 4.69) is 49.4 Å². The molecule has 0 radical (unpaired) electrons. The van der Waals surface area contributed by atoms with E-state index in [-0.39, 0.29) is 12.0 Å². The highest BCUT2D eigenvalue weighted by Crippen LogP contribution is 2.24. The number of imidazole rings is 1. The number of morpholine rings is 1. The number of aromatic nitrogens is 3. The second-order valence-electron chi connectivity index (χ2n) is 6.65. The summed E-state index contributed by atoms with van der Waals surface area (Å²) in [5.74, 6) is 0.759. The van der Waals surface area contributed by atoms with Crippen LogP contribution >= 0.6 is 0 Å². The molecule has 2 aromatic heterocycles. The second-order valence-corrected chi connectivity index (χ2v) is 6.65. The number of nitrogens with zero attached hydrogens (tertiary/aromatic N) is 2. The number of ether oxygens (including phenoxy) is 1. The van der Waals surface area contributed by atoms with Gasteiger partial charge in [0, 0.05) is 43.7 Å². The molecule has 0 aliphatic carbocycles. The number of H-pyrrole nitrogens is 2. The van der Waals surface area contributed by atoms with Crippen LogP contribution in [0.1, 0.15) is 30.1 Å². The topological polar surface area (TPSA) is 86.0 Å². The summed E-state index contributed by atoms with van der Waals surface area (Å²) in [4.78, 5) is 24.4. The number of carbonyl (C=O) groups excluding carboxylic acids is 1. The fourth-order valence-corrected chi connectivity index (χ4v) is 3.39. The van der Waals surface area contributed by atoms with Gasteiger partial charge in [-0.15, -0.1) is 0 Å². The van der Waals surface area contributed by atoms with E-state index in [0.717, 1.165) is 31.2 Å². The van der Waals surface area contributed by atoms with Crippen molar-refractivity contribution in [3.63, 3.8) is 0 Å². The number of benzene rings is 1. The van der Waals surface area contributed by atoms with E-state index in [1.165, 1.54) is 23.4 Å². The van der Waals surface area contributed by atoms with E-state index in [0.29, 0.717) is 13.2 Å². The maximum absolute atomic E-state index is 11.0. The normalized spacial score (nSPS) is 18.3. The minimum atomic E-state index is -0.0831. The highest BCUT2D eigenvalue weighted by Gasteiger charge is 2.24. The maximum Gasteiger partial charge on any atom is 0.217 e. The van der Waals surface area contributed by atoms with Crippen molar-refractivity contribution in [2.75, 3.05) is 19.7 Å². The van der Waals surface area contributed by atoms with Crippen LogP contribution in [0.15, 0.2) is 36.7 Å². The summed E-state index contributed by atoms with van der Waals surface area (Å²) >= 11 is 0. The van der Waals surface area contributed by atoms with Gasteiger partial charge in [0.1, 0.15) is 11.9 Å². The number of nitrogens with one attached hydrogen (secondary N) is 3. The van der Waals surface area contributed by atoms with E-state index in [9.17, 15) is 4.79 Å². The van der Waals surface area contributed by atoms with E-state index in [1.807, 2.05) is 6.20 Å². The molecule has 136 valence electrons. The molecule has 0 unspecified atom stereocenters. The Morgan fingerprint density at radius 3 is 3.23 bits per heavy atom. The fourth-order valence-electron chi connectivity index (χ4n) is 3.39. The molecule has 1 amide bonds. The van der Waals surface area contributed by atoms with Crippen LogP contribution in [0.4, 0.5) is 0 Å². The summed E-state index contributed by atoms with van der Waals surface area (Å²) in [5.41, 5.74) is 3.36. The molecule has 26 heavy (non-hydrogen) atoms. The molecule has 1 saturated heterocycles. The number of aromatic amines is 2. The Morgan fingerprint density at radius 2 is 2.35 bits per heavy atom. The highest BCUT2D eigenvalue weighted by molar-refractivity contribution is 5.82. The Labute approximate surface area is 151 Å². The molecular formula is C19H23N5O2. The lowest BCUT2D eigenvalue weighted by Gasteiger charge is -2.32. The lowest BCUT2D eigenvalue weighted by Crippen LogP contribution is -2.38. The molecule has 0 saturated carbocycles. The third-order valence-electron chi connectivity index (χ3n) is 4.71. The van der Waals surface area contributed by atoms with E-state index < -0.39 is 0 Å². The Bertz CT molecular complexity index is 900. The lowest BCUT2D eigenvalue weighted by atomic mass is 10.1. The summed E-state index contributed by atoms with van der Waals surface area (Å²) in [6.45, 7) is 5.20. The van der Waals surface area contributed by atoms with Crippen molar-refractivity contribution >= 4 is 16.8 Å². The zero-order valence-corrected chi connectivity index (χ0v) is 14.8. The highest BCUT2D eigenvalue weighted by atomic mass is 16.5. The van der Waals surface area contributed by atoms with Crippen LogP contribution in [0.25, 0.3) is 10.9 Å². The molecule has 7 nitrogen and oxygen atoms in total. The predicted octanol–water partition coefficient (Wildman–Crippen LogP) is 2.10. The minimum Gasteiger partial charge on any atom is -0.368 e. The van der Waals surface area contributed by atoms with E-state index in [1.54, 1.807) is 6.20 Å². The first-order chi connectivity index (χ1) is 12.7. The summed E-state index contributed by atoms with van der Waals surface area (Å²) in [7, 11) is 0. The largest absolute Gasteiger partial charge is 0.368 e. The Balaban J connectivity index is 1.43. The number of amides is 1. The minimum absolute atomic E-state index is 0.0554. The monoisotopic (exact) mass is 353 g/mol. The van der Waals surface area contributed by atoms with Crippen molar-refractivity contribution in [3.05, 3.63) is 53.7 Å². The maximum atomic E-state index is 11.0. The molecule has 0 bridgehead atoms. The van der Waals surface area contributed by atoms with Gasteiger partial charge in [-0.3, -0.25) is 9.69 Å². The zero-order valence-electron chi connectivity index (χ0n) is 14.8. The molecule has 1 fully saturated rings. The van der Waals surface area contributed by atoms with Crippen LogP contribution in [0, 0.1) is 0 Å². The molecule has 1 aliphatic heterocycles. The Hall–Kier alpha value is -2.64. The standard InChI is InChI=1S/C19H23N5O2/c1-13(25)21-9-15-10-22-19(23-15)18-12-24(7-8-26-18)11-14-3-2-4-17-16(14)5-6-20-17/h2-6,10,18,20H,7-9,11-12H2,1H3,(H,21,25)(H,22,23)/t18-/m0/s1. The van der Waals surface area contributed by atoms with Gasteiger partial charge < -0.3 is 20.0 Å². The summed E-state index contributed by atoms with van der Waals surface area (Å²) in [6.07, 6.45) is 3.66. The first-order valence-corrected chi connectivity index (χ1v) is 8.86. The molecule has 1 aromatic carbocycles. The van der Waals surface area contributed by atoms with Crippen LogP contribution in [0.5, 0.6) is 0 Å². The summed E-state index contributed by atoms with van der Waals surface area (Å²) < 4.78 is 5.91. The molecule has 4 rings (SSSR count). The molecule has 0 spiro atoms. The van der Waals surface area contributed by atoms with Crippen molar-refractivity contribution < 1.29 is 9.53 Å². The summed E-state index contributed by atoms with van der Waals surface area (Å²) in [5, 5.41) is 4.04. The van der Waals surface area contributed by atoms with Gasteiger partial charge in [-0.05, 0) is 17.7 Å². The lowest BCUT2D eigenvalue weighted by molar-refractivity contribution is -0.119. The van der Waals surface area contributed by atoms with Gasteiger partial charge in [0.25, 0.3) is 0 Å². The van der Waals surface area contributed by atoms with Gasteiger partial charge in [-0.25, -0.2) is 4.98 Å². The first kappa shape index (κ1) is 16.8. The molecule has 3 heterocycles. The zero-order chi connectivity index (χ0) is 17.9. The van der Waals surface area contributed by atoms with Gasteiger partial charge >= 0.3 is 0 Å². The molecular weight excluding hydrogens is 330 g/mol. The number of fused-ring (bicyclic) bond motifs is 1.